The smallest absolute Gasteiger partial charge is 0.0516 e. The Morgan fingerprint density at radius 1 is 1.50 bits per heavy atom. The second kappa shape index (κ2) is 3.71. The highest BCUT2D eigenvalue weighted by Crippen LogP contribution is 2.11. The SMILES string of the molecule is C=NC1CCN(CC)CC1. The van der Waals surface area contributed by atoms with E-state index < -0.39 is 0 Å². The highest BCUT2D eigenvalue weighted by molar-refractivity contribution is 5.24. The Kier molecular flexibility index (Phi) is 2.87. The number of aliphatic imine (C=N–C) groups is 1. The van der Waals surface area contributed by atoms with Gasteiger partial charge in [0.2, 0.25) is 0 Å². The Balaban J connectivity index is 2.23. The van der Waals surface area contributed by atoms with Gasteiger partial charge < -0.3 is 4.90 Å². The summed E-state index contributed by atoms with van der Waals surface area (Å²) in [6.45, 7) is 9.38. The maximum absolute atomic E-state index is 4.04. The second-order valence-corrected chi connectivity index (χ2v) is 2.85. The van der Waals surface area contributed by atoms with Crippen molar-refractivity contribution in [2.45, 2.75) is 25.8 Å². The van der Waals surface area contributed by atoms with Crippen molar-refractivity contribution in [2.75, 3.05) is 19.6 Å². The fraction of sp³-hybridized carbons (Fsp3) is 0.875. The molecule has 1 fully saturated rings. The largest absolute Gasteiger partial charge is 0.303 e. The van der Waals surface area contributed by atoms with Crippen LogP contribution in [-0.4, -0.2) is 37.3 Å². The molecule has 0 unspecified atom stereocenters. The van der Waals surface area contributed by atoms with Crippen molar-refractivity contribution in [2.24, 2.45) is 4.99 Å². The lowest BCUT2D eigenvalue weighted by Crippen LogP contribution is -2.34. The fourth-order valence-electron chi connectivity index (χ4n) is 1.42. The zero-order chi connectivity index (χ0) is 7.40. The monoisotopic (exact) mass is 140 g/mol. The van der Waals surface area contributed by atoms with E-state index in [1.165, 1.54) is 32.5 Å². The summed E-state index contributed by atoms with van der Waals surface area (Å²) in [4.78, 5) is 6.50. The summed E-state index contributed by atoms with van der Waals surface area (Å²) in [6.07, 6.45) is 2.41. The average molecular weight is 140 g/mol. The van der Waals surface area contributed by atoms with E-state index in [4.69, 9.17) is 0 Å². The maximum atomic E-state index is 4.04. The summed E-state index contributed by atoms with van der Waals surface area (Å²) < 4.78 is 0. The van der Waals surface area contributed by atoms with Crippen LogP contribution in [0.2, 0.25) is 0 Å². The van der Waals surface area contributed by atoms with Crippen molar-refractivity contribution in [3.8, 4) is 0 Å². The molecular formula is C8H16N2. The molecule has 0 aromatic carbocycles. The van der Waals surface area contributed by atoms with Crippen LogP contribution in [0.5, 0.6) is 0 Å². The highest BCUT2D eigenvalue weighted by Gasteiger charge is 2.15. The minimum Gasteiger partial charge on any atom is -0.303 e. The fourth-order valence-corrected chi connectivity index (χ4v) is 1.42. The molecule has 2 nitrogen and oxygen atoms in total. The van der Waals surface area contributed by atoms with Crippen molar-refractivity contribution in [1.82, 2.24) is 4.90 Å². The molecule has 1 rings (SSSR count). The van der Waals surface area contributed by atoms with E-state index in [0.717, 1.165) is 0 Å². The van der Waals surface area contributed by atoms with Gasteiger partial charge in [-0.2, -0.15) is 0 Å². The highest BCUT2D eigenvalue weighted by atomic mass is 15.1. The van der Waals surface area contributed by atoms with Crippen LogP contribution in [0.3, 0.4) is 0 Å². The number of nitrogens with zero attached hydrogens (tertiary/aromatic N) is 2. The van der Waals surface area contributed by atoms with Gasteiger partial charge in [0.1, 0.15) is 0 Å². The van der Waals surface area contributed by atoms with Crippen molar-refractivity contribution < 1.29 is 0 Å². The molecule has 10 heavy (non-hydrogen) atoms. The lowest BCUT2D eigenvalue weighted by molar-refractivity contribution is 0.224. The number of rotatable bonds is 2. The normalized spacial score (nSPS) is 22.9. The van der Waals surface area contributed by atoms with E-state index in [1.807, 2.05) is 0 Å². The van der Waals surface area contributed by atoms with Gasteiger partial charge in [0, 0.05) is 13.1 Å². The predicted molar refractivity (Wildman–Crippen MR) is 44.7 cm³/mol. The average Bonchev–Trinajstić information content (AvgIpc) is 2.05. The topological polar surface area (TPSA) is 15.6 Å². The molecule has 0 saturated carbocycles. The van der Waals surface area contributed by atoms with E-state index in [-0.39, 0.29) is 0 Å². The third-order valence-electron chi connectivity index (χ3n) is 2.26. The molecule has 0 spiro atoms. The lowest BCUT2D eigenvalue weighted by atomic mass is 10.1. The van der Waals surface area contributed by atoms with Crippen molar-refractivity contribution in [3.63, 3.8) is 0 Å². The standard InChI is InChI=1S/C8H16N2/c1-3-10-6-4-8(9-2)5-7-10/h8H,2-7H2,1H3. The minimum atomic E-state index is 0.544. The van der Waals surface area contributed by atoms with E-state index in [0.29, 0.717) is 6.04 Å². The van der Waals surface area contributed by atoms with Gasteiger partial charge in [-0.15, -0.1) is 0 Å². The van der Waals surface area contributed by atoms with Crippen LogP contribution in [0.4, 0.5) is 0 Å². The summed E-state index contributed by atoms with van der Waals surface area (Å²) in [5.41, 5.74) is 0. The Labute approximate surface area is 62.9 Å². The number of hydrogen-bond donors (Lipinski definition) is 0. The van der Waals surface area contributed by atoms with Crippen LogP contribution >= 0.6 is 0 Å². The molecule has 1 heterocycles. The summed E-state index contributed by atoms with van der Waals surface area (Å²) in [5, 5.41) is 0. The quantitative estimate of drug-likeness (QED) is 0.526. The Morgan fingerprint density at radius 2 is 2.10 bits per heavy atom. The van der Waals surface area contributed by atoms with Crippen molar-refractivity contribution in [3.05, 3.63) is 0 Å². The van der Waals surface area contributed by atoms with Crippen LogP contribution in [0.1, 0.15) is 19.8 Å². The first-order chi connectivity index (χ1) is 4.86. The number of likely N-dealkylation sites (tertiary alicyclic amines) is 1. The molecule has 0 atom stereocenters. The second-order valence-electron chi connectivity index (χ2n) is 2.85. The Bertz CT molecular complexity index is 104. The minimum absolute atomic E-state index is 0.544. The van der Waals surface area contributed by atoms with Crippen LogP contribution in [0.15, 0.2) is 4.99 Å². The Hall–Kier alpha value is -0.370. The van der Waals surface area contributed by atoms with Crippen LogP contribution < -0.4 is 0 Å². The van der Waals surface area contributed by atoms with Gasteiger partial charge in [-0.1, -0.05) is 6.92 Å². The van der Waals surface area contributed by atoms with Crippen LogP contribution in [-0.2, 0) is 0 Å². The van der Waals surface area contributed by atoms with Gasteiger partial charge in [-0.25, -0.2) is 0 Å². The molecule has 1 aliphatic rings. The van der Waals surface area contributed by atoms with Gasteiger partial charge >= 0.3 is 0 Å². The van der Waals surface area contributed by atoms with E-state index >= 15 is 0 Å². The first-order valence-corrected chi connectivity index (χ1v) is 4.05. The summed E-state index contributed by atoms with van der Waals surface area (Å²) in [5.74, 6) is 0. The molecule has 0 amide bonds. The molecule has 1 aliphatic heterocycles. The molecule has 0 bridgehead atoms. The molecule has 0 aromatic heterocycles. The predicted octanol–water partition coefficient (Wildman–Crippen LogP) is 1.17. The Morgan fingerprint density at radius 3 is 2.50 bits per heavy atom. The van der Waals surface area contributed by atoms with Gasteiger partial charge in [-0.05, 0) is 26.1 Å². The molecule has 0 N–H and O–H groups in total. The molecule has 58 valence electrons. The summed E-state index contributed by atoms with van der Waals surface area (Å²) >= 11 is 0. The molecular weight excluding hydrogens is 124 g/mol. The third-order valence-corrected chi connectivity index (χ3v) is 2.26. The third kappa shape index (κ3) is 1.81. The zero-order valence-corrected chi connectivity index (χ0v) is 6.71. The molecule has 0 aliphatic carbocycles. The van der Waals surface area contributed by atoms with E-state index in [2.05, 4.69) is 23.5 Å². The van der Waals surface area contributed by atoms with Gasteiger partial charge in [0.25, 0.3) is 0 Å². The number of hydrogen-bond acceptors (Lipinski definition) is 2. The van der Waals surface area contributed by atoms with Gasteiger partial charge in [0.15, 0.2) is 0 Å². The van der Waals surface area contributed by atoms with Crippen LogP contribution in [0, 0.1) is 0 Å². The molecule has 0 aromatic rings. The first-order valence-electron chi connectivity index (χ1n) is 4.05. The van der Waals surface area contributed by atoms with E-state index in [9.17, 15) is 0 Å². The summed E-state index contributed by atoms with van der Waals surface area (Å²) in [6, 6.07) is 0.544. The first kappa shape index (κ1) is 7.73. The zero-order valence-electron chi connectivity index (χ0n) is 6.71. The molecule has 2 heteroatoms. The maximum Gasteiger partial charge on any atom is 0.0516 e. The van der Waals surface area contributed by atoms with Crippen molar-refractivity contribution in [1.29, 1.82) is 0 Å². The molecule has 1 saturated heterocycles. The van der Waals surface area contributed by atoms with E-state index in [1.54, 1.807) is 0 Å². The van der Waals surface area contributed by atoms with Crippen molar-refractivity contribution >= 4 is 6.72 Å². The van der Waals surface area contributed by atoms with Crippen LogP contribution in [0.25, 0.3) is 0 Å². The van der Waals surface area contributed by atoms with Gasteiger partial charge in [-0.3, -0.25) is 4.99 Å². The number of piperidine rings is 1. The summed E-state index contributed by atoms with van der Waals surface area (Å²) in [7, 11) is 0. The lowest BCUT2D eigenvalue weighted by Gasteiger charge is -2.28. The van der Waals surface area contributed by atoms with Gasteiger partial charge in [0.05, 0.1) is 6.04 Å². The molecule has 0 radical (unpaired) electrons.